The molecule has 1 aliphatic heterocycles. The van der Waals surface area contributed by atoms with Gasteiger partial charge in [-0.2, -0.15) is 0 Å². The predicted molar refractivity (Wildman–Crippen MR) is 109 cm³/mol. The first-order valence-corrected chi connectivity index (χ1v) is 10.2. The van der Waals surface area contributed by atoms with Crippen molar-refractivity contribution in [2.45, 2.75) is 38.8 Å². The van der Waals surface area contributed by atoms with Crippen molar-refractivity contribution in [3.8, 4) is 5.75 Å². The number of aliphatic hydroxyl groups is 1. The summed E-state index contributed by atoms with van der Waals surface area (Å²) in [5.74, 6) is -0.295. The summed E-state index contributed by atoms with van der Waals surface area (Å²) in [5.41, 5.74) is 2.46. The molecule has 0 bridgehead atoms. The lowest BCUT2D eigenvalue weighted by molar-refractivity contribution is 0.0792. The largest absolute Gasteiger partial charge is 0.486 e. The van der Waals surface area contributed by atoms with E-state index in [-0.39, 0.29) is 36.4 Å². The van der Waals surface area contributed by atoms with E-state index in [1.807, 2.05) is 30.3 Å². The van der Waals surface area contributed by atoms with Gasteiger partial charge in [0.15, 0.2) is 11.6 Å². The minimum atomic E-state index is -0.595. The van der Waals surface area contributed by atoms with Crippen LogP contribution in [-0.4, -0.2) is 22.5 Å². The van der Waals surface area contributed by atoms with Gasteiger partial charge in [-0.25, -0.2) is 4.39 Å². The molecule has 0 spiro atoms. The van der Waals surface area contributed by atoms with E-state index in [4.69, 9.17) is 4.74 Å². The van der Waals surface area contributed by atoms with Gasteiger partial charge in [0.05, 0.1) is 12.1 Å². The fourth-order valence-electron chi connectivity index (χ4n) is 4.31. The zero-order chi connectivity index (χ0) is 20.4. The molecule has 0 unspecified atom stereocenters. The maximum atomic E-state index is 15.1. The standard InChI is InChI=1S/C24H26FNO3/c1-16(19-9-7-17(14-27)8-10-19)26-13-20-11-12-21(23(25)22(20)24(26)28)29-15-18-5-3-2-4-6-18/h2-6,11-12,17,19,27H,1,7-10,13-15H2. The number of rotatable bonds is 6. The third-order valence-electron chi connectivity index (χ3n) is 6.14. The lowest BCUT2D eigenvalue weighted by Crippen LogP contribution is -2.30. The summed E-state index contributed by atoms with van der Waals surface area (Å²) < 4.78 is 20.7. The Morgan fingerprint density at radius 1 is 1.14 bits per heavy atom. The zero-order valence-electron chi connectivity index (χ0n) is 16.4. The van der Waals surface area contributed by atoms with Crippen LogP contribution in [0.3, 0.4) is 0 Å². The van der Waals surface area contributed by atoms with Gasteiger partial charge < -0.3 is 14.7 Å². The number of amides is 1. The van der Waals surface area contributed by atoms with Crippen molar-refractivity contribution in [1.82, 2.24) is 4.90 Å². The van der Waals surface area contributed by atoms with Crippen LogP contribution in [0, 0.1) is 17.7 Å². The maximum Gasteiger partial charge on any atom is 0.261 e. The van der Waals surface area contributed by atoms with Crippen LogP contribution in [0.2, 0.25) is 0 Å². The first kappa shape index (κ1) is 19.6. The van der Waals surface area contributed by atoms with Gasteiger partial charge in [0, 0.05) is 12.3 Å². The Morgan fingerprint density at radius 3 is 2.55 bits per heavy atom. The van der Waals surface area contributed by atoms with Gasteiger partial charge in [0.2, 0.25) is 0 Å². The van der Waals surface area contributed by atoms with E-state index in [0.29, 0.717) is 18.0 Å². The molecule has 1 saturated carbocycles. The SMILES string of the molecule is C=C(C1CCC(CO)CC1)N1Cc2ccc(OCc3ccccc3)c(F)c2C1=O. The fourth-order valence-corrected chi connectivity index (χ4v) is 4.31. The van der Waals surface area contributed by atoms with E-state index in [0.717, 1.165) is 36.9 Å². The van der Waals surface area contributed by atoms with Gasteiger partial charge >= 0.3 is 0 Å². The molecule has 1 N–H and O–H groups in total. The Hall–Kier alpha value is -2.66. The van der Waals surface area contributed by atoms with Gasteiger partial charge in [-0.1, -0.05) is 43.0 Å². The molecule has 1 amide bonds. The summed E-state index contributed by atoms with van der Waals surface area (Å²) in [6, 6.07) is 12.9. The predicted octanol–water partition coefficient (Wildman–Crippen LogP) is 4.67. The molecular formula is C24H26FNO3. The number of benzene rings is 2. The summed E-state index contributed by atoms with van der Waals surface area (Å²) in [6.45, 7) is 4.97. The van der Waals surface area contributed by atoms with Crippen LogP contribution in [0.25, 0.3) is 0 Å². The van der Waals surface area contributed by atoms with Gasteiger partial charge in [0.25, 0.3) is 5.91 Å². The van der Waals surface area contributed by atoms with Crippen LogP contribution in [0.1, 0.15) is 47.2 Å². The monoisotopic (exact) mass is 395 g/mol. The molecule has 2 aromatic rings. The Labute approximate surface area is 170 Å². The molecule has 4 nitrogen and oxygen atoms in total. The minimum Gasteiger partial charge on any atom is -0.486 e. The molecule has 0 atom stereocenters. The highest BCUT2D eigenvalue weighted by atomic mass is 19.1. The first-order valence-electron chi connectivity index (χ1n) is 10.2. The minimum absolute atomic E-state index is 0.0943. The van der Waals surface area contributed by atoms with E-state index in [1.165, 1.54) is 0 Å². The lowest BCUT2D eigenvalue weighted by Gasteiger charge is -2.32. The molecule has 0 saturated heterocycles. The van der Waals surface area contributed by atoms with Crippen LogP contribution in [-0.2, 0) is 13.2 Å². The molecule has 0 radical (unpaired) electrons. The Bertz CT molecular complexity index is 904. The number of nitrogens with zero attached hydrogens (tertiary/aromatic N) is 1. The summed E-state index contributed by atoms with van der Waals surface area (Å²) >= 11 is 0. The number of fused-ring (bicyclic) bond motifs is 1. The van der Waals surface area contributed by atoms with E-state index in [9.17, 15) is 9.90 Å². The average Bonchev–Trinajstić information content (AvgIpc) is 3.10. The number of allylic oxidation sites excluding steroid dienone is 1. The lowest BCUT2D eigenvalue weighted by atomic mass is 9.81. The van der Waals surface area contributed by atoms with Gasteiger partial charge in [-0.3, -0.25) is 4.79 Å². The van der Waals surface area contributed by atoms with E-state index < -0.39 is 5.82 Å². The molecular weight excluding hydrogens is 369 g/mol. The molecule has 29 heavy (non-hydrogen) atoms. The van der Waals surface area contributed by atoms with Crippen molar-refractivity contribution >= 4 is 5.91 Å². The number of hydrogen-bond acceptors (Lipinski definition) is 3. The van der Waals surface area contributed by atoms with Gasteiger partial charge in [0.1, 0.15) is 6.61 Å². The maximum absolute atomic E-state index is 15.1. The highest BCUT2D eigenvalue weighted by Gasteiger charge is 2.36. The highest BCUT2D eigenvalue weighted by Crippen LogP contribution is 2.38. The molecule has 1 heterocycles. The Morgan fingerprint density at radius 2 is 1.86 bits per heavy atom. The number of halogens is 1. The van der Waals surface area contributed by atoms with Gasteiger partial charge in [-0.05, 0) is 54.7 Å². The molecule has 152 valence electrons. The van der Waals surface area contributed by atoms with E-state index in [1.54, 1.807) is 17.0 Å². The van der Waals surface area contributed by atoms with Crippen molar-refractivity contribution in [3.05, 3.63) is 77.2 Å². The molecule has 1 aliphatic carbocycles. The van der Waals surface area contributed by atoms with E-state index >= 15 is 4.39 Å². The quantitative estimate of drug-likeness (QED) is 0.773. The van der Waals surface area contributed by atoms with Crippen LogP contribution in [0.15, 0.2) is 54.7 Å². The Balaban J connectivity index is 1.47. The van der Waals surface area contributed by atoms with Crippen LogP contribution in [0.4, 0.5) is 4.39 Å². The van der Waals surface area contributed by atoms with Crippen molar-refractivity contribution in [1.29, 1.82) is 0 Å². The summed E-state index contributed by atoms with van der Waals surface area (Å²) in [7, 11) is 0. The summed E-state index contributed by atoms with van der Waals surface area (Å²) in [6.07, 6.45) is 3.66. The van der Waals surface area contributed by atoms with Gasteiger partial charge in [-0.15, -0.1) is 0 Å². The molecule has 4 rings (SSSR count). The average molecular weight is 395 g/mol. The number of hydrogen-bond donors (Lipinski definition) is 1. The highest BCUT2D eigenvalue weighted by molar-refractivity contribution is 6.00. The second-order valence-electron chi connectivity index (χ2n) is 7.97. The topological polar surface area (TPSA) is 49.8 Å². The molecule has 2 aliphatic rings. The Kier molecular flexibility index (Phi) is 5.67. The first-order chi connectivity index (χ1) is 14.1. The molecule has 1 fully saturated rings. The van der Waals surface area contributed by atoms with Crippen molar-refractivity contribution in [2.24, 2.45) is 11.8 Å². The summed E-state index contributed by atoms with van der Waals surface area (Å²) in [5, 5.41) is 9.32. The smallest absolute Gasteiger partial charge is 0.261 e. The summed E-state index contributed by atoms with van der Waals surface area (Å²) in [4.78, 5) is 14.6. The zero-order valence-corrected chi connectivity index (χ0v) is 16.4. The molecule has 0 aromatic heterocycles. The number of carbonyl (C=O) groups excluding carboxylic acids is 1. The fraction of sp³-hybridized carbons (Fsp3) is 0.375. The van der Waals surface area contributed by atoms with Crippen molar-refractivity contribution in [3.63, 3.8) is 0 Å². The second kappa shape index (κ2) is 8.37. The number of ether oxygens (including phenoxy) is 1. The third kappa shape index (κ3) is 3.92. The van der Waals surface area contributed by atoms with Crippen molar-refractivity contribution < 1.29 is 19.0 Å². The van der Waals surface area contributed by atoms with Crippen LogP contribution in [0.5, 0.6) is 5.75 Å². The molecule has 5 heteroatoms. The third-order valence-corrected chi connectivity index (χ3v) is 6.14. The van der Waals surface area contributed by atoms with E-state index in [2.05, 4.69) is 6.58 Å². The van der Waals surface area contributed by atoms with Crippen LogP contribution >= 0.6 is 0 Å². The molecule has 2 aromatic carbocycles. The van der Waals surface area contributed by atoms with Crippen LogP contribution < -0.4 is 4.74 Å². The number of aliphatic hydroxyl groups excluding tert-OH is 1. The van der Waals surface area contributed by atoms with Crippen molar-refractivity contribution in [2.75, 3.05) is 6.61 Å². The number of carbonyl (C=O) groups is 1. The second-order valence-corrected chi connectivity index (χ2v) is 7.97. The normalized spacial score (nSPS) is 21.2.